The van der Waals surface area contributed by atoms with Crippen molar-refractivity contribution < 1.29 is 4.79 Å². The first kappa shape index (κ1) is 16.0. The summed E-state index contributed by atoms with van der Waals surface area (Å²) in [7, 11) is 0. The zero-order chi connectivity index (χ0) is 15.2. The molecule has 0 aliphatic carbocycles. The predicted molar refractivity (Wildman–Crippen MR) is 92.3 cm³/mol. The largest absolute Gasteiger partial charge is 0.322 e. The molecule has 2 nitrogen and oxygen atoms in total. The Kier molecular flexibility index (Phi) is 5.74. The van der Waals surface area contributed by atoms with Gasteiger partial charge in [-0.05, 0) is 48.2 Å². The van der Waals surface area contributed by atoms with Crippen LogP contribution >= 0.6 is 35.0 Å². The quantitative estimate of drug-likeness (QED) is 0.600. The molecule has 0 bridgehead atoms. The molecule has 21 heavy (non-hydrogen) atoms. The lowest BCUT2D eigenvalue weighted by molar-refractivity contribution is -0.111. The highest BCUT2D eigenvalue weighted by molar-refractivity contribution is 7.98. The second-order valence-corrected chi connectivity index (χ2v) is 5.92. The number of benzene rings is 2. The number of nitrogens with one attached hydrogen (secondary N) is 1. The van der Waals surface area contributed by atoms with E-state index in [9.17, 15) is 4.79 Å². The van der Waals surface area contributed by atoms with Gasteiger partial charge in [-0.3, -0.25) is 4.79 Å². The first-order valence-corrected chi connectivity index (χ1v) is 8.15. The number of carbonyl (C=O) groups excluding carboxylic acids is 1. The third-order valence-electron chi connectivity index (χ3n) is 2.71. The van der Waals surface area contributed by atoms with Crippen LogP contribution in [0.1, 0.15) is 5.56 Å². The number of hydrogen-bond donors (Lipinski definition) is 1. The molecule has 0 unspecified atom stereocenters. The number of thioether (sulfide) groups is 1. The second-order valence-electron chi connectivity index (χ2n) is 4.23. The normalized spacial score (nSPS) is 10.8. The average molecular weight is 338 g/mol. The highest BCUT2D eigenvalue weighted by Gasteiger charge is 2.00. The van der Waals surface area contributed by atoms with Crippen molar-refractivity contribution in [1.29, 1.82) is 0 Å². The number of rotatable bonds is 4. The van der Waals surface area contributed by atoms with E-state index < -0.39 is 0 Å². The van der Waals surface area contributed by atoms with E-state index in [1.54, 1.807) is 36.0 Å². The Hall–Kier alpha value is -1.42. The van der Waals surface area contributed by atoms with Crippen LogP contribution in [0.3, 0.4) is 0 Å². The van der Waals surface area contributed by atoms with Crippen molar-refractivity contribution >= 4 is 52.6 Å². The van der Waals surface area contributed by atoms with Gasteiger partial charge in [0.15, 0.2) is 0 Å². The smallest absolute Gasteiger partial charge is 0.248 e. The Morgan fingerprint density at radius 3 is 2.67 bits per heavy atom. The molecule has 0 aliphatic rings. The van der Waals surface area contributed by atoms with E-state index in [2.05, 4.69) is 5.32 Å². The summed E-state index contributed by atoms with van der Waals surface area (Å²) in [6.45, 7) is 0. The highest BCUT2D eigenvalue weighted by Crippen LogP contribution is 2.23. The van der Waals surface area contributed by atoms with Gasteiger partial charge in [-0.1, -0.05) is 35.3 Å². The average Bonchev–Trinajstić information content (AvgIpc) is 2.48. The van der Waals surface area contributed by atoms with Gasteiger partial charge >= 0.3 is 0 Å². The van der Waals surface area contributed by atoms with Crippen LogP contribution in [-0.2, 0) is 4.79 Å². The Morgan fingerprint density at radius 2 is 1.95 bits per heavy atom. The maximum absolute atomic E-state index is 11.9. The van der Waals surface area contributed by atoms with Crippen molar-refractivity contribution in [3.05, 3.63) is 64.1 Å². The van der Waals surface area contributed by atoms with Crippen LogP contribution in [0.15, 0.2) is 53.4 Å². The summed E-state index contributed by atoms with van der Waals surface area (Å²) in [4.78, 5) is 13.0. The van der Waals surface area contributed by atoms with Gasteiger partial charge in [0.1, 0.15) is 0 Å². The fourth-order valence-corrected chi connectivity index (χ4v) is 2.44. The van der Waals surface area contributed by atoms with Crippen molar-refractivity contribution in [3.63, 3.8) is 0 Å². The second kappa shape index (κ2) is 7.55. The highest BCUT2D eigenvalue weighted by atomic mass is 35.5. The van der Waals surface area contributed by atoms with E-state index in [4.69, 9.17) is 23.2 Å². The van der Waals surface area contributed by atoms with Crippen molar-refractivity contribution in [2.75, 3.05) is 11.6 Å². The van der Waals surface area contributed by atoms with Gasteiger partial charge < -0.3 is 5.32 Å². The monoisotopic (exact) mass is 337 g/mol. The molecule has 1 N–H and O–H groups in total. The summed E-state index contributed by atoms with van der Waals surface area (Å²) in [5, 5.41) is 3.77. The number of halogens is 2. The molecule has 0 spiro atoms. The van der Waals surface area contributed by atoms with Crippen LogP contribution in [-0.4, -0.2) is 12.2 Å². The first-order valence-electron chi connectivity index (χ1n) is 6.16. The maximum atomic E-state index is 11.9. The lowest BCUT2D eigenvalue weighted by Crippen LogP contribution is -2.07. The van der Waals surface area contributed by atoms with E-state index >= 15 is 0 Å². The Morgan fingerprint density at radius 1 is 1.14 bits per heavy atom. The topological polar surface area (TPSA) is 29.1 Å². The molecule has 2 rings (SSSR count). The molecular weight excluding hydrogens is 325 g/mol. The SMILES string of the molecule is CSc1cccc(NC(=O)/C=C/c2ccc(Cl)c(Cl)c2)c1. The van der Waals surface area contributed by atoms with E-state index in [0.717, 1.165) is 16.1 Å². The molecule has 0 atom stereocenters. The molecule has 0 radical (unpaired) electrons. The lowest BCUT2D eigenvalue weighted by atomic mass is 10.2. The molecular formula is C16H13Cl2NOS. The summed E-state index contributed by atoms with van der Waals surface area (Å²) >= 11 is 13.4. The summed E-state index contributed by atoms with van der Waals surface area (Å²) in [6, 6.07) is 12.9. The van der Waals surface area contributed by atoms with E-state index in [0.29, 0.717) is 10.0 Å². The van der Waals surface area contributed by atoms with Gasteiger partial charge in [0, 0.05) is 16.7 Å². The molecule has 1 amide bonds. The van der Waals surface area contributed by atoms with E-state index in [-0.39, 0.29) is 5.91 Å². The van der Waals surface area contributed by atoms with Crippen molar-refractivity contribution in [2.45, 2.75) is 4.90 Å². The van der Waals surface area contributed by atoms with Gasteiger partial charge in [-0.2, -0.15) is 0 Å². The predicted octanol–water partition coefficient (Wildman–Crippen LogP) is 5.37. The van der Waals surface area contributed by atoms with Crippen LogP contribution in [0.25, 0.3) is 6.08 Å². The summed E-state index contributed by atoms with van der Waals surface area (Å²) in [6.07, 6.45) is 5.15. The summed E-state index contributed by atoms with van der Waals surface area (Å²) in [5.41, 5.74) is 1.59. The van der Waals surface area contributed by atoms with Crippen LogP contribution in [0, 0.1) is 0 Å². The molecule has 108 valence electrons. The van der Waals surface area contributed by atoms with Crippen molar-refractivity contribution in [1.82, 2.24) is 0 Å². The fraction of sp³-hybridized carbons (Fsp3) is 0.0625. The van der Waals surface area contributed by atoms with Gasteiger partial charge in [-0.25, -0.2) is 0 Å². The van der Waals surface area contributed by atoms with Crippen LogP contribution < -0.4 is 5.32 Å². The Balaban J connectivity index is 2.03. The molecule has 0 heterocycles. The zero-order valence-electron chi connectivity index (χ0n) is 11.3. The summed E-state index contributed by atoms with van der Waals surface area (Å²) < 4.78 is 0. The van der Waals surface area contributed by atoms with Crippen LogP contribution in [0.4, 0.5) is 5.69 Å². The van der Waals surface area contributed by atoms with Crippen molar-refractivity contribution in [2.24, 2.45) is 0 Å². The van der Waals surface area contributed by atoms with Crippen LogP contribution in [0.5, 0.6) is 0 Å². The third-order valence-corrected chi connectivity index (χ3v) is 4.17. The standard InChI is InChI=1S/C16H13Cl2NOS/c1-21-13-4-2-3-12(10-13)19-16(20)8-6-11-5-7-14(17)15(18)9-11/h2-10H,1H3,(H,19,20)/b8-6+. The minimum absolute atomic E-state index is 0.195. The number of carbonyl (C=O) groups is 1. The molecule has 5 heteroatoms. The molecule has 2 aromatic rings. The molecule has 0 aromatic heterocycles. The van der Waals surface area contributed by atoms with Crippen molar-refractivity contribution in [3.8, 4) is 0 Å². The fourth-order valence-electron chi connectivity index (χ4n) is 1.67. The lowest BCUT2D eigenvalue weighted by Gasteiger charge is -2.04. The molecule has 0 fully saturated rings. The van der Waals surface area contributed by atoms with Gasteiger partial charge in [0.05, 0.1) is 10.0 Å². The first-order chi connectivity index (χ1) is 10.1. The van der Waals surface area contributed by atoms with E-state index in [1.807, 2.05) is 30.5 Å². The maximum Gasteiger partial charge on any atom is 0.248 e. The van der Waals surface area contributed by atoms with Gasteiger partial charge in [0.2, 0.25) is 5.91 Å². The minimum Gasteiger partial charge on any atom is -0.322 e. The number of anilines is 1. The third kappa shape index (κ3) is 4.81. The van der Waals surface area contributed by atoms with Crippen LogP contribution in [0.2, 0.25) is 10.0 Å². The Labute approximate surface area is 138 Å². The molecule has 0 saturated heterocycles. The minimum atomic E-state index is -0.195. The summed E-state index contributed by atoms with van der Waals surface area (Å²) in [5.74, 6) is -0.195. The molecule has 2 aromatic carbocycles. The van der Waals surface area contributed by atoms with Gasteiger partial charge in [-0.15, -0.1) is 11.8 Å². The van der Waals surface area contributed by atoms with Gasteiger partial charge in [0.25, 0.3) is 0 Å². The number of amides is 1. The molecule has 0 aliphatic heterocycles. The van der Waals surface area contributed by atoms with E-state index in [1.165, 1.54) is 6.08 Å². The Bertz CT molecular complexity index is 686. The zero-order valence-corrected chi connectivity index (χ0v) is 13.6. The molecule has 0 saturated carbocycles. The number of hydrogen-bond acceptors (Lipinski definition) is 2.